The molecule has 0 aliphatic heterocycles. The molecule has 1 heterocycles. The summed E-state index contributed by atoms with van der Waals surface area (Å²) in [5, 5.41) is 6.56. The number of amides is 1. The van der Waals surface area contributed by atoms with Crippen molar-refractivity contribution in [1.82, 2.24) is 4.98 Å². The molecule has 0 spiro atoms. The second-order valence-corrected chi connectivity index (χ2v) is 6.05. The van der Waals surface area contributed by atoms with Crippen molar-refractivity contribution in [3.63, 3.8) is 0 Å². The number of hydrogen-bond donors (Lipinski definition) is 2. The Bertz CT molecular complexity index is 963. The minimum atomic E-state index is -0.280. The predicted octanol–water partition coefficient (Wildman–Crippen LogP) is 4.75. The van der Waals surface area contributed by atoms with E-state index in [-0.39, 0.29) is 5.91 Å². The monoisotopic (exact) mass is 383 g/mol. The minimum Gasteiger partial charge on any atom is -0.497 e. The van der Waals surface area contributed by atoms with Crippen molar-refractivity contribution in [1.29, 1.82) is 0 Å². The Labute approximate surface area is 162 Å². The highest BCUT2D eigenvalue weighted by Gasteiger charge is 2.10. The lowest BCUT2D eigenvalue weighted by molar-refractivity contribution is 0.102. The Kier molecular flexibility index (Phi) is 5.78. The summed E-state index contributed by atoms with van der Waals surface area (Å²) >= 11 is 6.05. The van der Waals surface area contributed by atoms with E-state index in [0.717, 1.165) is 0 Å². The Morgan fingerprint density at radius 1 is 1.00 bits per heavy atom. The van der Waals surface area contributed by atoms with Crippen LogP contribution < -0.4 is 20.1 Å². The van der Waals surface area contributed by atoms with Crippen LogP contribution in [0.25, 0.3) is 0 Å². The Balaban J connectivity index is 1.79. The number of anilines is 3. The van der Waals surface area contributed by atoms with E-state index in [1.807, 2.05) is 0 Å². The summed E-state index contributed by atoms with van der Waals surface area (Å²) < 4.78 is 10.5. The maximum atomic E-state index is 12.5. The van der Waals surface area contributed by atoms with Crippen LogP contribution in [0.1, 0.15) is 10.4 Å². The highest BCUT2D eigenvalue weighted by Crippen LogP contribution is 2.30. The molecule has 0 radical (unpaired) electrons. The summed E-state index contributed by atoms with van der Waals surface area (Å²) in [6.07, 6.45) is 3.11. The number of aromatic nitrogens is 1. The molecule has 6 nitrogen and oxygen atoms in total. The van der Waals surface area contributed by atoms with Gasteiger partial charge in [0.1, 0.15) is 11.5 Å². The van der Waals surface area contributed by atoms with Crippen LogP contribution in [0.3, 0.4) is 0 Å². The molecule has 0 fully saturated rings. The molecule has 0 saturated carbocycles. The van der Waals surface area contributed by atoms with Crippen molar-refractivity contribution in [2.75, 3.05) is 24.9 Å². The minimum absolute atomic E-state index is 0.280. The molecule has 0 saturated heterocycles. The van der Waals surface area contributed by atoms with Crippen LogP contribution in [0, 0.1) is 0 Å². The van der Waals surface area contributed by atoms with Crippen molar-refractivity contribution < 1.29 is 14.3 Å². The smallest absolute Gasteiger partial charge is 0.257 e. The van der Waals surface area contributed by atoms with Gasteiger partial charge in [0.15, 0.2) is 0 Å². The second kappa shape index (κ2) is 8.42. The molecular formula is C20H18ClN3O3. The third-order valence-corrected chi connectivity index (χ3v) is 4.00. The molecule has 0 aliphatic rings. The molecule has 0 atom stereocenters. The van der Waals surface area contributed by atoms with Gasteiger partial charge in [-0.05, 0) is 36.4 Å². The van der Waals surface area contributed by atoms with Gasteiger partial charge in [0.2, 0.25) is 0 Å². The zero-order valence-electron chi connectivity index (χ0n) is 14.8. The molecule has 138 valence electrons. The maximum Gasteiger partial charge on any atom is 0.257 e. The lowest BCUT2D eigenvalue weighted by atomic mass is 10.2. The van der Waals surface area contributed by atoms with Crippen molar-refractivity contribution in [2.45, 2.75) is 0 Å². The van der Waals surface area contributed by atoms with Crippen LogP contribution >= 0.6 is 11.6 Å². The third-order valence-electron chi connectivity index (χ3n) is 3.77. The number of ether oxygens (including phenoxy) is 2. The number of hydrogen-bond acceptors (Lipinski definition) is 5. The summed E-state index contributed by atoms with van der Waals surface area (Å²) in [6.45, 7) is 0. The topological polar surface area (TPSA) is 72.5 Å². The predicted molar refractivity (Wildman–Crippen MR) is 106 cm³/mol. The average Bonchev–Trinajstić information content (AvgIpc) is 2.68. The molecule has 0 bridgehead atoms. The highest BCUT2D eigenvalue weighted by molar-refractivity contribution is 6.31. The first-order chi connectivity index (χ1) is 13.1. The van der Waals surface area contributed by atoms with E-state index in [2.05, 4.69) is 15.6 Å². The van der Waals surface area contributed by atoms with Gasteiger partial charge in [0.05, 0.1) is 37.4 Å². The van der Waals surface area contributed by atoms with Gasteiger partial charge < -0.3 is 20.1 Å². The van der Waals surface area contributed by atoms with E-state index in [1.165, 1.54) is 6.20 Å². The number of benzene rings is 2. The standard InChI is InChI=1S/C20H18ClN3O3/c1-26-17-5-3-4-15(10-17)24-20(25)13-8-16(12-22-11-13)23-18-9-14(21)6-7-19(18)27-2/h3-12,23H,1-2H3,(H,24,25). The zero-order chi connectivity index (χ0) is 19.2. The first-order valence-electron chi connectivity index (χ1n) is 8.10. The quantitative estimate of drug-likeness (QED) is 0.642. The van der Waals surface area contributed by atoms with Crippen molar-refractivity contribution in [2.24, 2.45) is 0 Å². The molecule has 27 heavy (non-hydrogen) atoms. The van der Waals surface area contributed by atoms with Crippen LogP contribution in [0.2, 0.25) is 5.02 Å². The van der Waals surface area contributed by atoms with Crippen LogP contribution in [0.5, 0.6) is 11.5 Å². The fraction of sp³-hybridized carbons (Fsp3) is 0.100. The SMILES string of the molecule is COc1cccc(NC(=O)c2cncc(Nc3cc(Cl)ccc3OC)c2)c1. The summed E-state index contributed by atoms with van der Waals surface area (Å²) in [5.74, 6) is 1.01. The van der Waals surface area contributed by atoms with Gasteiger partial charge in [-0.3, -0.25) is 9.78 Å². The molecular weight excluding hydrogens is 366 g/mol. The second-order valence-electron chi connectivity index (χ2n) is 5.62. The van der Waals surface area contributed by atoms with Gasteiger partial charge in [-0.1, -0.05) is 17.7 Å². The summed E-state index contributed by atoms with van der Waals surface area (Å²) in [4.78, 5) is 16.7. The Morgan fingerprint density at radius 3 is 2.63 bits per heavy atom. The molecule has 7 heteroatoms. The van der Waals surface area contributed by atoms with Gasteiger partial charge in [-0.25, -0.2) is 0 Å². The lowest BCUT2D eigenvalue weighted by Gasteiger charge is -2.12. The first kappa shape index (κ1) is 18.5. The van der Waals surface area contributed by atoms with E-state index < -0.39 is 0 Å². The highest BCUT2D eigenvalue weighted by atomic mass is 35.5. The molecule has 0 unspecified atom stereocenters. The van der Waals surface area contributed by atoms with Crippen LogP contribution in [0.4, 0.5) is 17.1 Å². The van der Waals surface area contributed by atoms with Gasteiger partial charge in [0.25, 0.3) is 5.91 Å². The number of pyridine rings is 1. The number of carbonyl (C=O) groups is 1. The molecule has 2 aromatic carbocycles. The summed E-state index contributed by atoms with van der Waals surface area (Å²) in [6, 6.07) is 14.1. The third kappa shape index (κ3) is 4.68. The number of nitrogens with zero attached hydrogens (tertiary/aromatic N) is 1. The van der Waals surface area contributed by atoms with E-state index in [1.54, 1.807) is 68.9 Å². The molecule has 1 aromatic heterocycles. The average molecular weight is 384 g/mol. The van der Waals surface area contributed by atoms with E-state index in [4.69, 9.17) is 21.1 Å². The van der Waals surface area contributed by atoms with Gasteiger partial charge >= 0.3 is 0 Å². The Morgan fingerprint density at radius 2 is 1.85 bits per heavy atom. The van der Waals surface area contributed by atoms with Crippen LogP contribution in [-0.4, -0.2) is 25.1 Å². The number of methoxy groups -OCH3 is 2. The summed E-state index contributed by atoms with van der Waals surface area (Å²) in [7, 11) is 3.15. The largest absolute Gasteiger partial charge is 0.497 e. The Hall–Kier alpha value is -3.25. The number of halogens is 1. The number of rotatable bonds is 6. The number of carbonyl (C=O) groups excluding carboxylic acids is 1. The maximum absolute atomic E-state index is 12.5. The molecule has 0 aliphatic carbocycles. The molecule has 3 rings (SSSR count). The van der Waals surface area contributed by atoms with Gasteiger partial charge in [-0.15, -0.1) is 0 Å². The first-order valence-corrected chi connectivity index (χ1v) is 8.48. The zero-order valence-corrected chi connectivity index (χ0v) is 15.6. The molecule has 2 N–H and O–H groups in total. The van der Waals surface area contributed by atoms with E-state index in [0.29, 0.717) is 39.1 Å². The normalized spacial score (nSPS) is 10.2. The van der Waals surface area contributed by atoms with Gasteiger partial charge in [0, 0.05) is 23.0 Å². The fourth-order valence-corrected chi connectivity index (χ4v) is 2.64. The van der Waals surface area contributed by atoms with Crippen LogP contribution in [-0.2, 0) is 0 Å². The molecule has 3 aromatic rings. The van der Waals surface area contributed by atoms with Crippen molar-refractivity contribution in [3.05, 3.63) is 71.5 Å². The molecule has 1 amide bonds. The lowest BCUT2D eigenvalue weighted by Crippen LogP contribution is -2.12. The van der Waals surface area contributed by atoms with E-state index >= 15 is 0 Å². The summed E-state index contributed by atoms with van der Waals surface area (Å²) in [5.41, 5.74) is 2.35. The van der Waals surface area contributed by atoms with Crippen molar-refractivity contribution in [3.8, 4) is 11.5 Å². The van der Waals surface area contributed by atoms with Crippen LogP contribution in [0.15, 0.2) is 60.9 Å². The number of nitrogens with one attached hydrogen (secondary N) is 2. The van der Waals surface area contributed by atoms with E-state index in [9.17, 15) is 4.79 Å². The fourth-order valence-electron chi connectivity index (χ4n) is 2.47. The van der Waals surface area contributed by atoms with Gasteiger partial charge in [-0.2, -0.15) is 0 Å². The van der Waals surface area contributed by atoms with Crippen molar-refractivity contribution >= 4 is 34.6 Å².